The summed E-state index contributed by atoms with van der Waals surface area (Å²) in [5.41, 5.74) is 0. The fourth-order valence-electron chi connectivity index (χ4n) is 2.68. The van der Waals surface area contributed by atoms with Crippen molar-refractivity contribution >= 4 is 29.8 Å². The Morgan fingerprint density at radius 2 is 2.45 bits per heavy atom. The first kappa shape index (κ1) is 13.8. The maximum atomic E-state index is 12.2. The SMILES string of the molecule is O=C(C[C@H]1NCC[C@@H]1O)CN1C=NC2C=CSC2C1=O. The molecule has 0 aromatic heterocycles. The number of hydrogen-bond donors (Lipinski definition) is 2. The second-order valence-corrected chi connectivity index (χ2v) is 6.32. The Morgan fingerprint density at radius 1 is 1.60 bits per heavy atom. The first-order valence-electron chi connectivity index (χ1n) is 6.74. The zero-order valence-corrected chi connectivity index (χ0v) is 11.8. The van der Waals surface area contributed by atoms with Crippen molar-refractivity contribution in [1.29, 1.82) is 0 Å². The first-order valence-corrected chi connectivity index (χ1v) is 7.68. The standard InChI is InChI=1S/C13H17N3O3S/c17-8(5-10-11(18)1-3-14-10)6-16-7-15-9-2-4-20-12(9)13(16)19/h2,4,7,9-12,14,18H,1,3,5-6H2/t9?,10-,11+,12?/m1/s1. The summed E-state index contributed by atoms with van der Waals surface area (Å²) in [5, 5.41) is 14.5. The Morgan fingerprint density at radius 3 is 3.20 bits per heavy atom. The normalized spacial score (nSPS) is 35.6. The fraction of sp³-hybridized carbons (Fsp3) is 0.615. The third-order valence-corrected chi connectivity index (χ3v) is 4.91. The number of Topliss-reactive ketones (excluding diaryl/α,β-unsaturated/α-hetero) is 1. The van der Waals surface area contributed by atoms with Crippen molar-refractivity contribution < 1.29 is 14.7 Å². The van der Waals surface area contributed by atoms with Gasteiger partial charge in [-0.2, -0.15) is 0 Å². The molecule has 0 aromatic rings. The maximum Gasteiger partial charge on any atom is 0.244 e. The first-order chi connectivity index (χ1) is 9.65. The van der Waals surface area contributed by atoms with Crippen LogP contribution >= 0.6 is 11.8 Å². The number of aliphatic imine (C=N–C) groups is 1. The van der Waals surface area contributed by atoms with Gasteiger partial charge in [0.2, 0.25) is 5.91 Å². The molecule has 0 spiro atoms. The largest absolute Gasteiger partial charge is 0.391 e. The molecule has 4 atom stereocenters. The van der Waals surface area contributed by atoms with Crippen LogP contribution in [-0.4, -0.2) is 64.6 Å². The average Bonchev–Trinajstić information content (AvgIpc) is 3.03. The Labute approximate surface area is 121 Å². The van der Waals surface area contributed by atoms with Gasteiger partial charge in [0.25, 0.3) is 0 Å². The second kappa shape index (κ2) is 5.67. The molecule has 0 aliphatic carbocycles. The lowest BCUT2D eigenvalue weighted by Gasteiger charge is -2.27. The average molecular weight is 295 g/mol. The number of carbonyl (C=O) groups is 2. The Bertz CT molecular complexity index is 479. The third-order valence-electron chi connectivity index (χ3n) is 3.82. The lowest BCUT2D eigenvalue weighted by molar-refractivity contribution is -0.131. The lowest BCUT2D eigenvalue weighted by atomic mass is 10.1. The zero-order valence-electron chi connectivity index (χ0n) is 10.9. The topological polar surface area (TPSA) is 82.0 Å². The molecule has 2 unspecified atom stereocenters. The molecule has 1 amide bonds. The van der Waals surface area contributed by atoms with Gasteiger partial charge in [0.05, 0.1) is 25.0 Å². The predicted molar refractivity (Wildman–Crippen MR) is 76.6 cm³/mol. The van der Waals surface area contributed by atoms with Crippen molar-refractivity contribution in [1.82, 2.24) is 10.2 Å². The molecule has 1 fully saturated rings. The van der Waals surface area contributed by atoms with E-state index < -0.39 is 6.10 Å². The molecule has 108 valence electrons. The summed E-state index contributed by atoms with van der Waals surface area (Å²) in [4.78, 5) is 29.9. The van der Waals surface area contributed by atoms with Crippen LogP contribution in [0, 0.1) is 0 Å². The van der Waals surface area contributed by atoms with E-state index in [0.29, 0.717) is 6.42 Å². The number of amides is 1. The van der Waals surface area contributed by atoms with Crippen LogP contribution in [0.15, 0.2) is 16.5 Å². The molecule has 7 heteroatoms. The zero-order chi connectivity index (χ0) is 14.1. The van der Waals surface area contributed by atoms with Gasteiger partial charge in [0.15, 0.2) is 5.78 Å². The van der Waals surface area contributed by atoms with Crippen molar-refractivity contribution in [2.24, 2.45) is 4.99 Å². The fourth-order valence-corrected chi connectivity index (χ4v) is 3.68. The Balaban J connectivity index is 1.56. The number of aliphatic hydroxyl groups excluding tert-OH is 1. The van der Waals surface area contributed by atoms with Crippen LogP contribution in [0.2, 0.25) is 0 Å². The van der Waals surface area contributed by atoms with Crippen molar-refractivity contribution in [2.45, 2.75) is 36.3 Å². The molecule has 3 rings (SSSR count). The highest BCUT2D eigenvalue weighted by atomic mass is 32.2. The van der Waals surface area contributed by atoms with Gasteiger partial charge < -0.3 is 10.4 Å². The second-order valence-electron chi connectivity index (χ2n) is 5.27. The van der Waals surface area contributed by atoms with Gasteiger partial charge in [-0.05, 0) is 18.4 Å². The van der Waals surface area contributed by atoms with Gasteiger partial charge in [-0.15, -0.1) is 11.8 Å². The summed E-state index contributed by atoms with van der Waals surface area (Å²) in [6, 6.07) is -0.272. The Hall–Kier alpha value is -1.18. The number of ketones is 1. The predicted octanol–water partition coefficient (Wildman–Crippen LogP) is -0.463. The quantitative estimate of drug-likeness (QED) is 0.733. The van der Waals surface area contributed by atoms with Gasteiger partial charge in [-0.3, -0.25) is 19.5 Å². The van der Waals surface area contributed by atoms with Crippen molar-refractivity contribution in [2.75, 3.05) is 13.1 Å². The minimum Gasteiger partial charge on any atom is -0.391 e. The summed E-state index contributed by atoms with van der Waals surface area (Å²) in [5.74, 6) is -0.120. The Kier molecular flexibility index (Phi) is 3.91. The highest BCUT2D eigenvalue weighted by Gasteiger charge is 2.37. The number of carbonyl (C=O) groups excluding carboxylic acids is 2. The van der Waals surface area contributed by atoms with E-state index in [1.54, 1.807) is 0 Å². The van der Waals surface area contributed by atoms with E-state index in [-0.39, 0.29) is 42.0 Å². The van der Waals surface area contributed by atoms with E-state index in [1.807, 2.05) is 11.5 Å². The number of fused-ring (bicyclic) bond motifs is 1. The van der Waals surface area contributed by atoms with Crippen LogP contribution < -0.4 is 5.32 Å². The molecule has 3 heterocycles. The van der Waals surface area contributed by atoms with Crippen LogP contribution in [0.1, 0.15) is 12.8 Å². The molecular weight excluding hydrogens is 278 g/mol. The third kappa shape index (κ3) is 2.65. The molecule has 20 heavy (non-hydrogen) atoms. The smallest absolute Gasteiger partial charge is 0.244 e. The van der Waals surface area contributed by atoms with E-state index in [0.717, 1.165) is 6.54 Å². The molecule has 3 aliphatic rings. The van der Waals surface area contributed by atoms with Crippen LogP contribution in [0.3, 0.4) is 0 Å². The van der Waals surface area contributed by atoms with Crippen LogP contribution in [0.4, 0.5) is 0 Å². The highest BCUT2D eigenvalue weighted by molar-refractivity contribution is 8.03. The molecule has 0 saturated carbocycles. The van der Waals surface area contributed by atoms with E-state index in [4.69, 9.17) is 0 Å². The van der Waals surface area contributed by atoms with Crippen molar-refractivity contribution in [3.05, 3.63) is 11.5 Å². The van der Waals surface area contributed by atoms with Gasteiger partial charge >= 0.3 is 0 Å². The molecular formula is C13H17N3O3S. The lowest BCUT2D eigenvalue weighted by Crippen LogP contribution is -2.47. The number of rotatable bonds is 4. The molecule has 0 bridgehead atoms. The number of hydrogen-bond acceptors (Lipinski definition) is 6. The van der Waals surface area contributed by atoms with Crippen LogP contribution in [0.25, 0.3) is 0 Å². The van der Waals surface area contributed by atoms with E-state index in [1.165, 1.54) is 23.0 Å². The minimum atomic E-state index is -0.469. The summed E-state index contributed by atoms with van der Waals surface area (Å²) >= 11 is 1.45. The number of nitrogens with one attached hydrogen (secondary N) is 1. The van der Waals surface area contributed by atoms with Gasteiger partial charge in [-0.1, -0.05) is 6.08 Å². The molecule has 2 N–H and O–H groups in total. The number of thioether (sulfide) groups is 1. The molecule has 6 nitrogen and oxygen atoms in total. The minimum absolute atomic E-state index is 0.0387. The van der Waals surface area contributed by atoms with E-state index in [2.05, 4.69) is 10.3 Å². The summed E-state index contributed by atoms with van der Waals surface area (Å²) in [6.45, 7) is 0.770. The van der Waals surface area contributed by atoms with E-state index >= 15 is 0 Å². The van der Waals surface area contributed by atoms with Gasteiger partial charge in [0.1, 0.15) is 5.25 Å². The van der Waals surface area contributed by atoms with Gasteiger partial charge in [0, 0.05) is 12.5 Å². The van der Waals surface area contributed by atoms with Crippen molar-refractivity contribution in [3.8, 4) is 0 Å². The highest BCUT2D eigenvalue weighted by Crippen LogP contribution is 2.30. The van der Waals surface area contributed by atoms with Crippen LogP contribution in [0.5, 0.6) is 0 Å². The van der Waals surface area contributed by atoms with Gasteiger partial charge in [-0.25, -0.2) is 0 Å². The van der Waals surface area contributed by atoms with E-state index in [9.17, 15) is 14.7 Å². The maximum absolute atomic E-state index is 12.2. The molecule has 0 radical (unpaired) electrons. The number of aliphatic hydroxyl groups is 1. The summed E-state index contributed by atoms with van der Waals surface area (Å²) < 4.78 is 0. The summed E-state index contributed by atoms with van der Waals surface area (Å²) in [7, 11) is 0. The van der Waals surface area contributed by atoms with Crippen LogP contribution in [-0.2, 0) is 9.59 Å². The number of nitrogens with zero attached hydrogens (tertiary/aromatic N) is 2. The molecule has 0 aromatic carbocycles. The van der Waals surface area contributed by atoms with Crippen molar-refractivity contribution in [3.63, 3.8) is 0 Å². The molecule has 1 saturated heterocycles. The monoisotopic (exact) mass is 295 g/mol. The molecule has 3 aliphatic heterocycles. The summed E-state index contributed by atoms with van der Waals surface area (Å²) in [6.07, 6.45) is 3.83.